The van der Waals surface area contributed by atoms with Crippen LogP contribution in [0.25, 0.3) is 0 Å². The molecule has 3 rings (SSSR count). The number of carbonyl (C=O) groups excluding carboxylic acids is 1. The van der Waals surface area contributed by atoms with E-state index in [1.54, 1.807) is 6.20 Å². The maximum absolute atomic E-state index is 12.8. The normalized spacial score (nSPS) is 25.2. The molecule has 0 unspecified atom stereocenters. The van der Waals surface area contributed by atoms with Crippen molar-refractivity contribution < 1.29 is 4.79 Å². The Morgan fingerprint density at radius 1 is 1.26 bits per heavy atom. The van der Waals surface area contributed by atoms with E-state index in [-0.39, 0.29) is 5.91 Å². The maximum Gasteiger partial charge on any atom is 0.257 e. The number of aromatic nitrogens is 1. The van der Waals surface area contributed by atoms with Crippen molar-refractivity contribution in [3.63, 3.8) is 0 Å². The second kappa shape index (κ2) is 8.04. The first-order valence-corrected chi connectivity index (χ1v) is 10.1. The molecule has 0 bridgehead atoms. The average Bonchev–Trinajstić information content (AvgIpc) is 2.62. The molecular weight excluding hydrogens is 306 g/mol. The number of pyridine rings is 1. The minimum absolute atomic E-state index is 0.137. The Bertz CT molecular complexity index is 531. The van der Waals surface area contributed by atoms with Crippen molar-refractivity contribution in [3.8, 4) is 0 Å². The van der Waals surface area contributed by atoms with Crippen LogP contribution in [0.15, 0.2) is 18.3 Å². The molecule has 2 fully saturated rings. The van der Waals surface area contributed by atoms with Gasteiger partial charge in [0.2, 0.25) is 0 Å². The fourth-order valence-corrected chi connectivity index (χ4v) is 4.47. The van der Waals surface area contributed by atoms with Gasteiger partial charge in [-0.2, -0.15) is 11.8 Å². The van der Waals surface area contributed by atoms with E-state index in [2.05, 4.69) is 16.6 Å². The second-order valence-corrected chi connectivity index (χ2v) is 7.76. The van der Waals surface area contributed by atoms with Gasteiger partial charge in [-0.15, -0.1) is 0 Å². The molecule has 4 nitrogen and oxygen atoms in total. The summed E-state index contributed by atoms with van der Waals surface area (Å²) < 4.78 is 0. The van der Waals surface area contributed by atoms with E-state index in [0.29, 0.717) is 6.04 Å². The van der Waals surface area contributed by atoms with Gasteiger partial charge < -0.3 is 10.2 Å². The van der Waals surface area contributed by atoms with E-state index < -0.39 is 0 Å². The zero-order valence-electron chi connectivity index (χ0n) is 14.0. The molecule has 23 heavy (non-hydrogen) atoms. The van der Waals surface area contributed by atoms with Gasteiger partial charge in [0.15, 0.2) is 0 Å². The van der Waals surface area contributed by atoms with Crippen molar-refractivity contribution in [1.82, 2.24) is 9.88 Å². The Morgan fingerprint density at radius 3 is 2.87 bits per heavy atom. The van der Waals surface area contributed by atoms with Crippen molar-refractivity contribution in [2.75, 3.05) is 24.7 Å². The Morgan fingerprint density at radius 2 is 2.09 bits per heavy atom. The SMILES string of the molecule is CS[C@H]1CCC[C@H](Nc2ncccc2C(=O)N2CCCCC2)C1. The summed E-state index contributed by atoms with van der Waals surface area (Å²) in [7, 11) is 0. The van der Waals surface area contributed by atoms with Crippen molar-refractivity contribution in [2.45, 2.75) is 56.2 Å². The number of nitrogens with one attached hydrogen (secondary N) is 1. The van der Waals surface area contributed by atoms with Gasteiger partial charge >= 0.3 is 0 Å². The van der Waals surface area contributed by atoms with Gasteiger partial charge in [0.05, 0.1) is 5.56 Å². The van der Waals surface area contributed by atoms with Gasteiger partial charge in [0, 0.05) is 30.6 Å². The first-order valence-electron chi connectivity index (χ1n) is 8.81. The summed E-state index contributed by atoms with van der Waals surface area (Å²) in [5.74, 6) is 0.910. The molecule has 2 aliphatic rings. The number of rotatable bonds is 4. The topological polar surface area (TPSA) is 45.2 Å². The van der Waals surface area contributed by atoms with Crippen LogP contribution in [0.3, 0.4) is 0 Å². The number of likely N-dealkylation sites (tertiary alicyclic amines) is 1. The number of amides is 1. The minimum atomic E-state index is 0.137. The monoisotopic (exact) mass is 333 g/mol. The van der Waals surface area contributed by atoms with Crippen LogP contribution in [0, 0.1) is 0 Å². The molecule has 5 heteroatoms. The quantitative estimate of drug-likeness (QED) is 0.910. The predicted octanol–water partition coefficient (Wildman–Crippen LogP) is 3.79. The van der Waals surface area contributed by atoms with Gasteiger partial charge in [0.1, 0.15) is 5.82 Å². The molecule has 1 aliphatic carbocycles. The molecule has 1 saturated carbocycles. The summed E-state index contributed by atoms with van der Waals surface area (Å²) >= 11 is 1.96. The molecule has 1 aliphatic heterocycles. The molecule has 1 aromatic heterocycles. The molecule has 2 heterocycles. The van der Waals surface area contributed by atoms with E-state index in [1.165, 1.54) is 25.7 Å². The van der Waals surface area contributed by atoms with Crippen LogP contribution in [-0.2, 0) is 0 Å². The lowest BCUT2D eigenvalue weighted by Gasteiger charge is -2.30. The van der Waals surface area contributed by atoms with E-state index in [1.807, 2.05) is 28.8 Å². The summed E-state index contributed by atoms with van der Waals surface area (Å²) in [6.07, 6.45) is 12.3. The van der Waals surface area contributed by atoms with Crippen LogP contribution in [0.2, 0.25) is 0 Å². The molecule has 1 amide bonds. The van der Waals surface area contributed by atoms with Gasteiger partial charge in [-0.1, -0.05) is 6.42 Å². The lowest BCUT2D eigenvalue weighted by Crippen LogP contribution is -2.36. The number of nitrogens with zero attached hydrogens (tertiary/aromatic N) is 2. The molecule has 1 saturated heterocycles. The molecule has 0 aromatic carbocycles. The Hall–Kier alpha value is -1.23. The Labute approximate surface area is 143 Å². The van der Waals surface area contributed by atoms with Gasteiger partial charge in [-0.3, -0.25) is 4.79 Å². The third kappa shape index (κ3) is 4.19. The van der Waals surface area contributed by atoms with Crippen LogP contribution >= 0.6 is 11.8 Å². The second-order valence-electron chi connectivity index (χ2n) is 6.62. The lowest BCUT2D eigenvalue weighted by atomic mass is 9.95. The highest BCUT2D eigenvalue weighted by Crippen LogP contribution is 2.29. The van der Waals surface area contributed by atoms with Crippen LogP contribution in [0.4, 0.5) is 5.82 Å². The largest absolute Gasteiger partial charge is 0.367 e. The highest BCUT2D eigenvalue weighted by Gasteiger charge is 2.25. The Balaban J connectivity index is 1.71. The lowest BCUT2D eigenvalue weighted by molar-refractivity contribution is 0.0725. The fraction of sp³-hybridized carbons (Fsp3) is 0.667. The number of thioether (sulfide) groups is 1. The molecule has 1 N–H and O–H groups in total. The van der Waals surface area contributed by atoms with E-state index in [9.17, 15) is 4.79 Å². The number of hydrogen-bond donors (Lipinski definition) is 1. The number of anilines is 1. The van der Waals surface area contributed by atoms with E-state index in [0.717, 1.165) is 49.0 Å². The molecule has 0 radical (unpaired) electrons. The third-order valence-corrected chi connectivity index (χ3v) is 6.08. The molecule has 2 atom stereocenters. The first kappa shape index (κ1) is 16.6. The highest BCUT2D eigenvalue weighted by molar-refractivity contribution is 7.99. The van der Waals surface area contributed by atoms with Crippen LogP contribution in [-0.4, -0.2) is 46.4 Å². The average molecular weight is 334 g/mol. The highest BCUT2D eigenvalue weighted by atomic mass is 32.2. The van der Waals surface area contributed by atoms with Gasteiger partial charge in [0.25, 0.3) is 5.91 Å². The summed E-state index contributed by atoms with van der Waals surface area (Å²) in [5, 5.41) is 4.29. The smallest absolute Gasteiger partial charge is 0.257 e. The molecular formula is C18H27N3OS. The van der Waals surface area contributed by atoms with Crippen molar-refractivity contribution in [2.24, 2.45) is 0 Å². The van der Waals surface area contributed by atoms with E-state index >= 15 is 0 Å². The van der Waals surface area contributed by atoms with Crippen molar-refractivity contribution >= 4 is 23.5 Å². The first-order chi connectivity index (χ1) is 11.3. The van der Waals surface area contributed by atoms with E-state index in [4.69, 9.17) is 0 Å². The van der Waals surface area contributed by atoms with Gasteiger partial charge in [-0.05, 0) is 56.9 Å². The third-order valence-electron chi connectivity index (χ3n) is 4.98. The molecule has 0 spiro atoms. The number of carbonyl (C=O) groups is 1. The van der Waals surface area contributed by atoms with Crippen LogP contribution in [0.1, 0.15) is 55.3 Å². The number of hydrogen-bond acceptors (Lipinski definition) is 4. The summed E-state index contributed by atoms with van der Waals surface area (Å²) in [4.78, 5) is 19.3. The minimum Gasteiger partial charge on any atom is -0.367 e. The maximum atomic E-state index is 12.8. The van der Waals surface area contributed by atoms with Crippen molar-refractivity contribution in [3.05, 3.63) is 23.9 Å². The molecule has 126 valence electrons. The van der Waals surface area contributed by atoms with Crippen LogP contribution in [0.5, 0.6) is 0 Å². The van der Waals surface area contributed by atoms with Gasteiger partial charge in [-0.25, -0.2) is 4.98 Å². The number of piperidine rings is 1. The fourth-order valence-electron chi connectivity index (χ4n) is 3.64. The predicted molar refractivity (Wildman–Crippen MR) is 97.2 cm³/mol. The standard InChI is InChI=1S/C18H27N3OS/c1-23-15-8-5-7-14(13-15)20-17-16(9-6-10-19-17)18(22)21-11-3-2-4-12-21/h6,9-10,14-15H,2-5,7-8,11-13H2,1H3,(H,19,20)/t14-,15-/m0/s1. The summed E-state index contributed by atoms with van der Waals surface area (Å²) in [6, 6.07) is 4.22. The zero-order valence-corrected chi connectivity index (χ0v) is 14.8. The molecule has 1 aromatic rings. The van der Waals surface area contributed by atoms with Crippen molar-refractivity contribution in [1.29, 1.82) is 0 Å². The zero-order chi connectivity index (χ0) is 16.1. The summed E-state index contributed by atoms with van der Waals surface area (Å²) in [5.41, 5.74) is 0.737. The Kier molecular flexibility index (Phi) is 5.81. The summed E-state index contributed by atoms with van der Waals surface area (Å²) in [6.45, 7) is 1.76. The van der Waals surface area contributed by atoms with Crippen LogP contribution < -0.4 is 5.32 Å².